The Labute approximate surface area is 124 Å². The van der Waals surface area contributed by atoms with Crippen LogP contribution in [0.15, 0.2) is 24.3 Å². The molecule has 3 rings (SSSR count). The lowest BCUT2D eigenvalue weighted by molar-refractivity contribution is -0.143. The SMILES string of the molecule is CC(C)[C@H](NC(=O)C1CC12CCc1ccccc12)C(=O)O. The number of amides is 1. The maximum absolute atomic E-state index is 12.4. The molecular weight excluding hydrogens is 266 g/mol. The number of hydrogen-bond donors (Lipinski definition) is 2. The van der Waals surface area contributed by atoms with E-state index in [9.17, 15) is 14.7 Å². The fourth-order valence-corrected chi connectivity index (χ4v) is 3.71. The highest BCUT2D eigenvalue weighted by Gasteiger charge is 2.61. The summed E-state index contributed by atoms with van der Waals surface area (Å²) in [5, 5.41) is 11.9. The number of carboxylic acid groups (broad SMARTS) is 1. The van der Waals surface area contributed by atoms with Gasteiger partial charge < -0.3 is 10.4 Å². The molecule has 2 N–H and O–H groups in total. The fourth-order valence-electron chi connectivity index (χ4n) is 3.71. The van der Waals surface area contributed by atoms with Crippen molar-refractivity contribution >= 4 is 11.9 Å². The molecule has 1 aromatic carbocycles. The van der Waals surface area contributed by atoms with Crippen LogP contribution in [0.2, 0.25) is 0 Å². The maximum Gasteiger partial charge on any atom is 0.326 e. The molecule has 2 unspecified atom stereocenters. The second kappa shape index (κ2) is 4.86. The molecule has 1 amide bonds. The molecular formula is C17H21NO3. The smallest absolute Gasteiger partial charge is 0.326 e. The van der Waals surface area contributed by atoms with E-state index in [1.165, 1.54) is 11.1 Å². The van der Waals surface area contributed by atoms with Crippen molar-refractivity contribution in [3.8, 4) is 0 Å². The summed E-state index contributed by atoms with van der Waals surface area (Å²) < 4.78 is 0. The topological polar surface area (TPSA) is 66.4 Å². The van der Waals surface area contributed by atoms with Crippen molar-refractivity contribution in [1.29, 1.82) is 0 Å². The van der Waals surface area contributed by atoms with Gasteiger partial charge in [-0.15, -0.1) is 0 Å². The summed E-state index contributed by atoms with van der Waals surface area (Å²) in [7, 11) is 0. The van der Waals surface area contributed by atoms with Gasteiger partial charge in [0.1, 0.15) is 6.04 Å². The molecule has 0 aliphatic heterocycles. The molecule has 0 bridgehead atoms. The van der Waals surface area contributed by atoms with E-state index < -0.39 is 12.0 Å². The third-order valence-corrected chi connectivity index (χ3v) is 5.02. The zero-order chi connectivity index (χ0) is 15.2. The Balaban J connectivity index is 1.74. The van der Waals surface area contributed by atoms with E-state index in [4.69, 9.17) is 0 Å². The van der Waals surface area contributed by atoms with Crippen LogP contribution in [0.25, 0.3) is 0 Å². The minimum Gasteiger partial charge on any atom is -0.480 e. The molecule has 0 radical (unpaired) electrons. The van der Waals surface area contributed by atoms with E-state index >= 15 is 0 Å². The third-order valence-electron chi connectivity index (χ3n) is 5.02. The molecule has 2 aliphatic carbocycles. The predicted octanol–water partition coefficient (Wildman–Crippen LogP) is 2.12. The van der Waals surface area contributed by atoms with Gasteiger partial charge in [-0.05, 0) is 36.3 Å². The van der Waals surface area contributed by atoms with Crippen LogP contribution in [0.3, 0.4) is 0 Å². The largest absolute Gasteiger partial charge is 0.480 e. The van der Waals surface area contributed by atoms with Gasteiger partial charge in [-0.2, -0.15) is 0 Å². The van der Waals surface area contributed by atoms with Crippen molar-refractivity contribution in [1.82, 2.24) is 5.32 Å². The summed E-state index contributed by atoms with van der Waals surface area (Å²) in [4.78, 5) is 23.6. The molecule has 2 aliphatic rings. The third kappa shape index (κ3) is 2.23. The average Bonchev–Trinajstić information content (AvgIpc) is 3.06. The summed E-state index contributed by atoms with van der Waals surface area (Å²) in [6, 6.07) is 7.51. The highest BCUT2D eigenvalue weighted by Crippen LogP contribution is 2.61. The lowest BCUT2D eigenvalue weighted by atomic mass is 9.95. The molecule has 21 heavy (non-hydrogen) atoms. The summed E-state index contributed by atoms with van der Waals surface area (Å²) in [5.41, 5.74) is 2.61. The van der Waals surface area contributed by atoms with Crippen molar-refractivity contribution < 1.29 is 14.7 Å². The first-order chi connectivity index (χ1) is 9.95. The molecule has 0 saturated heterocycles. The number of fused-ring (bicyclic) bond motifs is 2. The number of nitrogens with one attached hydrogen (secondary N) is 1. The quantitative estimate of drug-likeness (QED) is 0.891. The minimum absolute atomic E-state index is 0.0271. The van der Waals surface area contributed by atoms with Crippen molar-refractivity contribution in [2.24, 2.45) is 11.8 Å². The molecule has 112 valence electrons. The molecule has 0 aromatic heterocycles. The Bertz CT molecular complexity index is 595. The number of benzene rings is 1. The Kier molecular flexibility index (Phi) is 3.27. The van der Waals surface area contributed by atoms with Crippen LogP contribution in [0.5, 0.6) is 0 Å². The average molecular weight is 287 g/mol. The van der Waals surface area contributed by atoms with Crippen LogP contribution in [0.1, 0.15) is 37.8 Å². The minimum atomic E-state index is -0.958. The zero-order valence-corrected chi connectivity index (χ0v) is 12.4. The number of carbonyl (C=O) groups is 2. The highest BCUT2D eigenvalue weighted by molar-refractivity contribution is 5.89. The number of rotatable bonds is 4. The molecule has 4 heteroatoms. The maximum atomic E-state index is 12.4. The van der Waals surface area contributed by atoms with Crippen LogP contribution < -0.4 is 5.32 Å². The van der Waals surface area contributed by atoms with Gasteiger partial charge in [0.05, 0.1) is 0 Å². The number of aryl methyl sites for hydroxylation is 1. The lowest BCUT2D eigenvalue weighted by Crippen LogP contribution is -2.45. The number of carboxylic acids is 1. The first kappa shape index (κ1) is 14.1. The molecule has 4 nitrogen and oxygen atoms in total. The summed E-state index contributed by atoms with van der Waals surface area (Å²) in [6.45, 7) is 3.62. The summed E-state index contributed by atoms with van der Waals surface area (Å²) in [6.07, 6.45) is 2.87. The Morgan fingerprint density at radius 1 is 1.33 bits per heavy atom. The molecule has 1 aromatic rings. The second-order valence-corrected chi connectivity index (χ2v) is 6.64. The van der Waals surface area contributed by atoms with Crippen LogP contribution in [-0.4, -0.2) is 23.0 Å². The van der Waals surface area contributed by atoms with Gasteiger partial charge in [-0.1, -0.05) is 38.1 Å². The molecule has 1 spiro atoms. The van der Waals surface area contributed by atoms with Gasteiger partial charge in [0, 0.05) is 11.3 Å². The zero-order valence-electron chi connectivity index (χ0n) is 12.4. The first-order valence-electron chi connectivity index (χ1n) is 7.57. The molecule has 1 fully saturated rings. The Hall–Kier alpha value is -1.84. The van der Waals surface area contributed by atoms with E-state index in [1.807, 2.05) is 26.0 Å². The molecule has 1 saturated carbocycles. The summed E-state index contributed by atoms with van der Waals surface area (Å²) >= 11 is 0. The predicted molar refractivity (Wildman–Crippen MR) is 79.0 cm³/mol. The van der Waals surface area contributed by atoms with Crippen molar-refractivity contribution in [3.63, 3.8) is 0 Å². The number of carbonyl (C=O) groups excluding carboxylic acids is 1. The van der Waals surface area contributed by atoms with Crippen LogP contribution in [0.4, 0.5) is 0 Å². The van der Waals surface area contributed by atoms with Crippen molar-refractivity contribution in [3.05, 3.63) is 35.4 Å². The van der Waals surface area contributed by atoms with Crippen LogP contribution in [0, 0.1) is 11.8 Å². The van der Waals surface area contributed by atoms with Crippen LogP contribution in [-0.2, 0) is 21.4 Å². The monoisotopic (exact) mass is 287 g/mol. The fraction of sp³-hybridized carbons (Fsp3) is 0.529. The van der Waals surface area contributed by atoms with Gasteiger partial charge in [0.15, 0.2) is 0 Å². The van der Waals surface area contributed by atoms with E-state index in [1.54, 1.807) is 0 Å². The van der Waals surface area contributed by atoms with Gasteiger partial charge >= 0.3 is 5.97 Å². The van der Waals surface area contributed by atoms with Crippen molar-refractivity contribution in [2.75, 3.05) is 0 Å². The molecule has 0 heterocycles. The van der Waals surface area contributed by atoms with Gasteiger partial charge in [-0.3, -0.25) is 4.79 Å². The van der Waals surface area contributed by atoms with E-state index in [0.717, 1.165) is 19.3 Å². The lowest BCUT2D eigenvalue weighted by Gasteiger charge is -2.19. The normalized spacial score (nSPS) is 27.5. The standard InChI is InChI=1S/C17H21NO3/c1-10(2)14(16(20)21)18-15(19)13-9-17(13)8-7-11-5-3-4-6-12(11)17/h3-6,10,13-14H,7-9H2,1-2H3,(H,18,19)(H,20,21)/t13?,14-,17?/m0/s1. The van der Waals surface area contributed by atoms with Gasteiger partial charge in [-0.25, -0.2) is 4.79 Å². The Morgan fingerprint density at radius 3 is 2.71 bits per heavy atom. The Morgan fingerprint density at radius 2 is 2.05 bits per heavy atom. The first-order valence-corrected chi connectivity index (χ1v) is 7.57. The van der Waals surface area contributed by atoms with E-state index in [-0.39, 0.29) is 23.2 Å². The van der Waals surface area contributed by atoms with E-state index in [0.29, 0.717) is 0 Å². The number of aliphatic carboxylic acids is 1. The van der Waals surface area contributed by atoms with Gasteiger partial charge in [0.25, 0.3) is 0 Å². The van der Waals surface area contributed by atoms with Crippen molar-refractivity contribution in [2.45, 2.75) is 44.6 Å². The van der Waals surface area contributed by atoms with Crippen LogP contribution >= 0.6 is 0 Å². The van der Waals surface area contributed by atoms with Gasteiger partial charge in [0.2, 0.25) is 5.91 Å². The highest BCUT2D eigenvalue weighted by atomic mass is 16.4. The second-order valence-electron chi connectivity index (χ2n) is 6.64. The number of hydrogen-bond acceptors (Lipinski definition) is 2. The molecule has 3 atom stereocenters. The van der Waals surface area contributed by atoms with E-state index in [2.05, 4.69) is 17.4 Å². The summed E-state index contributed by atoms with van der Waals surface area (Å²) in [5.74, 6) is -1.24.